The Morgan fingerprint density at radius 3 is 2.79 bits per heavy atom. The third kappa shape index (κ3) is 3.43. The molecule has 1 aromatic carbocycles. The third-order valence-corrected chi connectivity index (χ3v) is 3.62. The van der Waals surface area contributed by atoms with Crippen molar-refractivity contribution in [1.82, 2.24) is 14.5 Å². The zero-order valence-electron chi connectivity index (χ0n) is 13.7. The topological polar surface area (TPSA) is 70.2 Å². The number of ether oxygens (including phenoxy) is 1. The first-order valence-electron chi connectivity index (χ1n) is 7.53. The van der Waals surface area contributed by atoms with E-state index in [2.05, 4.69) is 9.97 Å². The van der Waals surface area contributed by atoms with E-state index < -0.39 is 5.60 Å². The van der Waals surface area contributed by atoms with Crippen LogP contribution in [0.5, 0.6) is 0 Å². The minimum absolute atomic E-state index is 0.255. The molecule has 0 unspecified atom stereocenters. The van der Waals surface area contributed by atoms with Crippen molar-refractivity contribution in [3.05, 3.63) is 47.9 Å². The molecule has 126 valence electrons. The molecule has 3 rings (SSSR count). The summed E-state index contributed by atoms with van der Waals surface area (Å²) >= 11 is 6.01. The Kier molecular flexibility index (Phi) is 4.32. The number of nitrogens with zero attached hydrogens (tertiary/aromatic N) is 3. The molecule has 24 heavy (non-hydrogen) atoms. The van der Waals surface area contributed by atoms with Gasteiger partial charge in [-0.25, -0.2) is 14.8 Å². The lowest BCUT2D eigenvalue weighted by molar-refractivity contribution is 0.00697. The van der Waals surface area contributed by atoms with Crippen molar-refractivity contribution in [3.8, 4) is 0 Å². The molecular weight excluding hydrogens is 330 g/mol. The molecule has 0 N–H and O–H groups in total. The van der Waals surface area contributed by atoms with E-state index in [0.717, 1.165) is 11.0 Å². The van der Waals surface area contributed by atoms with E-state index in [9.17, 15) is 4.79 Å². The second-order valence-corrected chi connectivity index (χ2v) is 6.69. The predicted molar refractivity (Wildman–Crippen MR) is 90.1 cm³/mol. The fourth-order valence-corrected chi connectivity index (χ4v) is 2.60. The van der Waals surface area contributed by atoms with Gasteiger partial charge in [-0.1, -0.05) is 0 Å². The van der Waals surface area contributed by atoms with E-state index >= 15 is 0 Å². The minimum Gasteiger partial charge on any atom is -0.456 e. The van der Waals surface area contributed by atoms with Crippen molar-refractivity contribution >= 4 is 28.6 Å². The standard InChI is InChI=1S/C17H18ClN3O3/c1-17(2,3)24-16(22)11-4-5-13-14(6-11)21(15(7-18)20-13)9-12-8-19-10-23-12/h4-6,8,10H,7,9H2,1-3H3. The number of benzene rings is 1. The van der Waals surface area contributed by atoms with Crippen LogP contribution in [0.2, 0.25) is 0 Å². The van der Waals surface area contributed by atoms with Gasteiger partial charge in [-0.3, -0.25) is 0 Å². The lowest BCUT2D eigenvalue weighted by Gasteiger charge is -2.19. The normalized spacial score (nSPS) is 11.8. The van der Waals surface area contributed by atoms with Gasteiger partial charge in [0.1, 0.15) is 17.2 Å². The molecule has 0 spiro atoms. The molecule has 3 aromatic rings. The summed E-state index contributed by atoms with van der Waals surface area (Å²) in [5.74, 6) is 1.27. The maximum absolute atomic E-state index is 12.3. The highest BCUT2D eigenvalue weighted by Crippen LogP contribution is 2.22. The number of hydrogen-bond donors (Lipinski definition) is 0. The Balaban J connectivity index is 2.02. The zero-order valence-corrected chi connectivity index (χ0v) is 14.5. The molecule has 0 fully saturated rings. The van der Waals surface area contributed by atoms with Crippen LogP contribution in [0.4, 0.5) is 0 Å². The number of carbonyl (C=O) groups excluding carboxylic acids is 1. The van der Waals surface area contributed by atoms with Crippen LogP contribution in [0.15, 0.2) is 35.2 Å². The van der Waals surface area contributed by atoms with Gasteiger partial charge in [0.25, 0.3) is 0 Å². The molecule has 0 amide bonds. The number of esters is 1. The first-order valence-corrected chi connectivity index (χ1v) is 8.06. The Bertz CT molecular complexity index is 863. The van der Waals surface area contributed by atoms with Gasteiger partial charge in [0.2, 0.25) is 0 Å². The SMILES string of the molecule is CC(C)(C)OC(=O)c1ccc2nc(CCl)n(Cc3cnco3)c2c1. The summed E-state index contributed by atoms with van der Waals surface area (Å²) in [4.78, 5) is 20.7. The van der Waals surface area contributed by atoms with Gasteiger partial charge in [0.05, 0.1) is 35.2 Å². The summed E-state index contributed by atoms with van der Waals surface area (Å²) in [6, 6.07) is 5.27. The second kappa shape index (κ2) is 6.28. The molecule has 6 nitrogen and oxygen atoms in total. The molecule has 0 atom stereocenters. The lowest BCUT2D eigenvalue weighted by Crippen LogP contribution is -2.23. The number of rotatable bonds is 4. The van der Waals surface area contributed by atoms with Gasteiger partial charge in [-0.15, -0.1) is 11.6 Å². The lowest BCUT2D eigenvalue weighted by atomic mass is 10.1. The van der Waals surface area contributed by atoms with Crippen molar-refractivity contribution in [3.63, 3.8) is 0 Å². The van der Waals surface area contributed by atoms with Crippen molar-refractivity contribution in [1.29, 1.82) is 0 Å². The molecule has 0 saturated heterocycles. The molecule has 0 bridgehead atoms. The van der Waals surface area contributed by atoms with E-state index in [1.54, 1.807) is 24.4 Å². The van der Waals surface area contributed by atoms with Crippen molar-refractivity contribution in [2.45, 2.75) is 38.8 Å². The smallest absolute Gasteiger partial charge is 0.338 e. The Morgan fingerprint density at radius 1 is 1.38 bits per heavy atom. The van der Waals surface area contributed by atoms with Crippen molar-refractivity contribution < 1.29 is 13.9 Å². The number of halogens is 1. The second-order valence-electron chi connectivity index (χ2n) is 6.42. The van der Waals surface area contributed by atoms with Crippen LogP contribution < -0.4 is 0 Å². The molecule has 0 saturated carbocycles. The van der Waals surface area contributed by atoms with Crippen LogP contribution >= 0.6 is 11.6 Å². The maximum Gasteiger partial charge on any atom is 0.338 e. The quantitative estimate of drug-likeness (QED) is 0.530. The first-order chi connectivity index (χ1) is 11.4. The van der Waals surface area contributed by atoms with Crippen molar-refractivity contribution in [2.75, 3.05) is 0 Å². The highest BCUT2D eigenvalue weighted by molar-refractivity contribution is 6.16. The van der Waals surface area contributed by atoms with E-state index in [1.807, 2.05) is 25.3 Å². The van der Waals surface area contributed by atoms with Crippen LogP contribution in [-0.2, 0) is 17.2 Å². The number of fused-ring (bicyclic) bond motifs is 1. The highest BCUT2D eigenvalue weighted by Gasteiger charge is 2.20. The number of imidazole rings is 1. The van der Waals surface area contributed by atoms with Crippen LogP contribution in [0, 0.1) is 0 Å². The predicted octanol–water partition coefficient (Wildman–Crippen LogP) is 3.77. The van der Waals surface area contributed by atoms with E-state index in [4.69, 9.17) is 20.8 Å². The third-order valence-electron chi connectivity index (χ3n) is 3.38. The summed E-state index contributed by atoms with van der Waals surface area (Å²) in [6.45, 7) is 5.95. The Morgan fingerprint density at radius 2 is 2.17 bits per heavy atom. The molecule has 0 aliphatic carbocycles. The molecule has 0 aliphatic rings. The van der Waals surface area contributed by atoms with Gasteiger partial charge in [-0.05, 0) is 39.0 Å². The molecule has 0 aliphatic heterocycles. The zero-order chi connectivity index (χ0) is 17.3. The average molecular weight is 348 g/mol. The number of alkyl halides is 1. The number of carbonyl (C=O) groups is 1. The minimum atomic E-state index is -0.548. The molecule has 2 heterocycles. The summed E-state index contributed by atoms with van der Waals surface area (Å²) in [5.41, 5.74) is 1.48. The fourth-order valence-electron chi connectivity index (χ4n) is 2.39. The van der Waals surface area contributed by atoms with E-state index in [-0.39, 0.29) is 11.8 Å². The number of aromatic nitrogens is 3. The monoisotopic (exact) mass is 347 g/mol. The van der Waals surface area contributed by atoms with E-state index in [0.29, 0.717) is 23.7 Å². The number of oxazole rings is 1. The summed E-state index contributed by atoms with van der Waals surface area (Å²) < 4.78 is 12.6. The summed E-state index contributed by atoms with van der Waals surface area (Å²) in [7, 11) is 0. The van der Waals surface area contributed by atoms with Gasteiger partial charge < -0.3 is 13.7 Å². The van der Waals surface area contributed by atoms with Crippen molar-refractivity contribution in [2.24, 2.45) is 0 Å². The molecule has 2 aromatic heterocycles. The Labute approximate surface area is 144 Å². The van der Waals surface area contributed by atoms with Crippen LogP contribution in [-0.4, -0.2) is 26.1 Å². The average Bonchev–Trinajstić information content (AvgIpc) is 3.13. The van der Waals surface area contributed by atoms with Gasteiger partial charge >= 0.3 is 5.97 Å². The van der Waals surface area contributed by atoms with Gasteiger partial charge in [-0.2, -0.15) is 0 Å². The molecular formula is C17H18ClN3O3. The largest absolute Gasteiger partial charge is 0.456 e. The van der Waals surface area contributed by atoms with Gasteiger partial charge in [0.15, 0.2) is 6.39 Å². The molecule has 7 heteroatoms. The number of hydrogen-bond acceptors (Lipinski definition) is 5. The maximum atomic E-state index is 12.3. The van der Waals surface area contributed by atoms with Crippen LogP contribution in [0.3, 0.4) is 0 Å². The fraction of sp³-hybridized carbons (Fsp3) is 0.353. The summed E-state index contributed by atoms with van der Waals surface area (Å²) in [5, 5.41) is 0. The van der Waals surface area contributed by atoms with Gasteiger partial charge in [0, 0.05) is 0 Å². The van der Waals surface area contributed by atoms with E-state index in [1.165, 1.54) is 6.39 Å². The Hall–Kier alpha value is -2.34. The highest BCUT2D eigenvalue weighted by atomic mass is 35.5. The molecule has 0 radical (unpaired) electrons. The summed E-state index contributed by atoms with van der Waals surface area (Å²) in [6.07, 6.45) is 3.02. The van der Waals surface area contributed by atoms with Crippen LogP contribution in [0.1, 0.15) is 42.7 Å². The van der Waals surface area contributed by atoms with Crippen LogP contribution in [0.25, 0.3) is 11.0 Å². The first kappa shape index (κ1) is 16.5.